The highest BCUT2D eigenvalue weighted by atomic mass is 19.1. The molecule has 0 unspecified atom stereocenters. The maximum Gasteiger partial charge on any atom is 0.242 e. The van der Waals surface area contributed by atoms with E-state index in [0.29, 0.717) is 11.3 Å². The maximum atomic E-state index is 14.1. The predicted octanol–water partition coefficient (Wildman–Crippen LogP) is 3.71. The van der Waals surface area contributed by atoms with E-state index in [2.05, 4.69) is 5.32 Å². The first-order valence-corrected chi connectivity index (χ1v) is 9.58. The number of amides is 2. The molecule has 1 atom stereocenters. The number of carbonyl (C=O) groups is 2. The van der Waals surface area contributed by atoms with Crippen LogP contribution in [0.15, 0.2) is 48.5 Å². The van der Waals surface area contributed by atoms with Gasteiger partial charge in [-0.25, -0.2) is 4.39 Å². The Morgan fingerprint density at radius 2 is 1.83 bits per heavy atom. The summed E-state index contributed by atoms with van der Waals surface area (Å²) in [5.41, 5.74) is 0.694. The molecule has 1 N–H and O–H groups in total. The van der Waals surface area contributed by atoms with E-state index < -0.39 is 17.4 Å². The molecule has 0 bridgehead atoms. The van der Waals surface area contributed by atoms with E-state index in [4.69, 9.17) is 4.74 Å². The number of hydrogen-bond donors (Lipinski definition) is 1. The Morgan fingerprint density at radius 3 is 2.45 bits per heavy atom. The second kappa shape index (κ2) is 9.54. The number of nitrogens with one attached hydrogen (secondary N) is 1. The van der Waals surface area contributed by atoms with Gasteiger partial charge in [-0.2, -0.15) is 0 Å². The summed E-state index contributed by atoms with van der Waals surface area (Å²) in [4.78, 5) is 27.3. The van der Waals surface area contributed by atoms with Crippen LogP contribution in [0.4, 0.5) is 4.39 Å². The highest BCUT2D eigenvalue weighted by molar-refractivity contribution is 5.88. The molecule has 156 valence electrons. The van der Waals surface area contributed by atoms with Gasteiger partial charge in [0.1, 0.15) is 17.6 Å². The molecule has 0 spiro atoms. The number of rotatable bonds is 7. The Hall–Kier alpha value is -2.89. The highest BCUT2D eigenvalue weighted by Gasteiger charge is 2.28. The molecule has 0 aliphatic carbocycles. The van der Waals surface area contributed by atoms with Crippen LogP contribution in [-0.2, 0) is 22.6 Å². The molecule has 0 radical (unpaired) electrons. The van der Waals surface area contributed by atoms with Gasteiger partial charge in [0.05, 0.1) is 13.5 Å². The normalized spacial score (nSPS) is 12.2. The lowest BCUT2D eigenvalue weighted by Gasteiger charge is -2.31. The number of benzene rings is 2. The summed E-state index contributed by atoms with van der Waals surface area (Å²) in [5, 5.41) is 2.91. The molecule has 6 heteroatoms. The molecule has 0 saturated carbocycles. The molecule has 0 fully saturated rings. The summed E-state index contributed by atoms with van der Waals surface area (Å²) in [6.07, 6.45) is -0.121. The SMILES string of the molecule is COc1cccc(CN(C(=O)Cc2ccccc2F)[C@H](C)C(=O)NC(C)(C)C)c1. The van der Waals surface area contributed by atoms with E-state index in [1.807, 2.05) is 45.0 Å². The molecular formula is C23H29FN2O3. The third kappa shape index (κ3) is 6.59. The van der Waals surface area contributed by atoms with E-state index in [-0.39, 0.29) is 24.8 Å². The van der Waals surface area contributed by atoms with Gasteiger partial charge in [0.15, 0.2) is 0 Å². The fraction of sp³-hybridized carbons (Fsp3) is 0.391. The zero-order valence-electron chi connectivity index (χ0n) is 17.7. The van der Waals surface area contributed by atoms with Crippen LogP contribution in [-0.4, -0.2) is 35.4 Å². The fourth-order valence-corrected chi connectivity index (χ4v) is 2.93. The average Bonchev–Trinajstić information content (AvgIpc) is 2.66. The number of hydrogen-bond acceptors (Lipinski definition) is 3. The molecule has 2 aromatic carbocycles. The van der Waals surface area contributed by atoms with Gasteiger partial charge in [-0.05, 0) is 57.0 Å². The first-order chi connectivity index (χ1) is 13.6. The molecule has 2 aromatic rings. The van der Waals surface area contributed by atoms with Gasteiger partial charge in [-0.1, -0.05) is 30.3 Å². The lowest BCUT2D eigenvalue weighted by molar-refractivity contribution is -0.140. The van der Waals surface area contributed by atoms with E-state index in [1.165, 1.54) is 11.0 Å². The molecule has 29 heavy (non-hydrogen) atoms. The second-order valence-corrected chi connectivity index (χ2v) is 8.06. The predicted molar refractivity (Wildman–Crippen MR) is 111 cm³/mol. The van der Waals surface area contributed by atoms with E-state index in [9.17, 15) is 14.0 Å². The van der Waals surface area contributed by atoms with Crippen molar-refractivity contribution in [3.8, 4) is 5.75 Å². The molecule has 0 saturated heterocycles. The van der Waals surface area contributed by atoms with Crippen molar-refractivity contribution in [1.29, 1.82) is 0 Å². The quantitative estimate of drug-likeness (QED) is 0.771. The van der Waals surface area contributed by atoms with Crippen molar-refractivity contribution < 1.29 is 18.7 Å². The van der Waals surface area contributed by atoms with Crippen molar-refractivity contribution in [2.45, 2.75) is 52.2 Å². The third-order valence-corrected chi connectivity index (χ3v) is 4.45. The van der Waals surface area contributed by atoms with Gasteiger partial charge in [0.25, 0.3) is 0 Å². The summed E-state index contributed by atoms with van der Waals surface area (Å²) in [6.45, 7) is 7.53. The van der Waals surface area contributed by atoms with Crippen molar-refractivity contribution in [1.82, 2.24) is 10.2 Å². The van der Waals surface area contributed by atoms with Crippen molar-refractivity contribution in [3.05, 3.63) is 65.5 Å². The minimum absolute atomic E-state index is 0.121. The highest BCUT2D eigenvalue weighted by Crippen LogP contribution is 2.18. The maximum absolute atomic E-state index is 14.1. The van der Waals surface area contributed by atoms with Crippen molar-refractivity contribution in [3.63, 3.8) is 0 Å². The molecular weight excluding hydrogens is 371 g/mol. The Morgan fingerprint density at radius 1 is 1.14 bits per heavy atom. The van der Waals surface area contributed by atoms with E-state index in [1.54, 1.807) is 32.2 Å². The summed E-state index contributed by atoms with van der Waals surface area (Å²) in [5.74, 6) is -0.360. The first-order valence-electron chi connectivity index (χ1n) is 9.58. The van der Waals surface area contributed by atoms with Crippen molar-refractivity contribution in [2.75, 3.05) is 7.11 Å². The van der Waals surface area contributed by atoms with Crippen LogP contribution in [0.1, 0.15) is 38.8 Å². The monoisotopic (exact) mass is 400 g/mol. The summed E-state index contributed by atoms with van der Waals surface area (Å²) in [7, 11) is 1.57. The molecule has 2 amide bonds. The third-order valence-electron chi connectivity index (χ3n) is 4.45. The zero-order chi connectivity index (χ0) is 21.6. The molecule has 0 aliphatic heterocycles. The Bertz CT molecular complexity index is 861. The summed E-state index contributed by atoms with van der Waals surface area (Å²) < 4.78 is 19.3. The van der Waals surface area contributed by atoms with Crippen LogP contribution in [0, 0.1) is 5.82 Å². The van der Waals surface area contributed by atoms with E-state index >= 15 is 0 Å². The lowest BCUT2D eigenvalue weighted by Crippen LogP contribution is -2.52. The number of halogens is 1. The van der Waals surface area contributed by atoms with Crippen molar-refractivity contribution >= 4 is 11.8 Å². The number of nitrogens with zero attached hydrogens (tertiary/aromatic N) is 1. The van der Waals surface area contributed by atoms with Gasteiger partial charge >= 0.3 is 0 Å². The molecule has 0 aromatic heterocycles. The van der Waals surface area contributed by atoms with Crippen LogP contribution in [0.2, 0.25) is 0 Å². The number of ether oxygens (including phenoxy) is 1. The van der Waals surface area contributed by atoms with Crippen LogP contribution in [0.5, 0.6) is 5.75 Å². The van der Waals surface area contributed by atoms with Gasteiger partial charge in [0, 0.05) is 12.1 Å². The lowest BCUT2D eigenvalue weighted by atomic mass is 10.1. The fourth-order valence-electron chi connectivity index (χ4n) is 2.93. The molecule has 0 aliphatic rings. The molecule has 5 nitrogen and oxygen atoms in total. The molecule has 0 heterocycles. The molecule has 2 rings (SSSR count). The summed E-state index contributed by atoms with van der Waals surface area (Å²) >= 11 is 0. The number of carbonyl (C=O) groups excluding carboxylic acids is 2. The van der Waals surface area contributed by atoms with Gasteiger partial charge in [-0.3, -0.25) is 9.59 Å². The Balaban J connectivity index is 2.29. The summed E-state index contributed by atoms with van der Waals surface area (Å²) in [6, 6.07) is 12.8. The standard InChI is InChI=1S/C23H29FN2O3/c1-16(22(28)25-23(2,3)4)26(15-17-9-8-11-19(13-17)29-5)21(27)14-18-10-6-7-12-20(18)24/h6-13,16H,14-15H2,1-5H3,(H,25,28)/t16-/m1/s1. The minimum Gasteiger partial charge on any atom is -0.497 e. The van der Waals surface area contributed by atoms with Crippen LogP contribution in [0.3, 0.4) is 0 Å². The van der Waals surface area contributed by atoms with Gasteiger partial charge in [0.2, 0.25) is 11.8 Å². The minimum atomic E-state index is -0.723. The topological polar surface area (TPSA) is 58.6 Å². The average molecular weight is 400 g/mol. The largest absolute Gasteiger partial charge is 0.497 e. The Labute approximate surface area is 171 Å². The Kier molecular flexibility index (Phi) is 7.37. The van der Waals surface area contributed by atoms with Crippen LogP contribution >= 0.6 is 0 Å². The number of methoxy groups -OCH3 is 1. The van der Waals surface area contributed by atoms with E-state index in [0.717, 1.165) is 5.56 Å². The zero-order valence-corrected chi connectivity index (χ0v) is 17.7. The van der Waals surface area contributed by atoms with Gasteiger partial charge in [-0.15, -0.1) is 0 Å². The van der Waals surface area contributed by atoms with Crippen LogP contribution in [0.25, 0.3) is 0 Å². The van der Waals surface area contributed by atoms with Crippen LogP contribution < -0.4 is 10.1 Å². The van der Waals surface area contributed by atoms with Crippen molar-refractivity contribution in [2.24, 2.45) is 0 Å². The second-order valence-electron chi connectivity index (χ2n) is 8.06. The first kappa shape index (κ1) is 22.4. The smallest absolute Gasteiger partial charge is 0.242 e. The van der Waals surface area contributed by atoms with Gasteiger partial charge < -0.3 is 15.0 Å².